The van der Waals surface area contributed by atoms with Gasteiger partial charge in [0, 0.05) is 11.6 Å². The van der Waals surface area contributed by atoms with Gasteiger partial charge in [0.25, 0.3) is 0 Å². The second kappa shape index (κ2) is 5.27. The Bertz CT molecular complexity index is 727. The van der Waals surface area contributed by atoms with Crippen LogP contribution < -0.4 is 0 Å². The molecule has 0 amide bonds. The van der Waals surface area contributed by atoms with E-state index in [-0.39, 0.29) is 5.69 Å². The van der Waals surface area contributed by atoms with Crippen molar-refractivity contribution in [2.45, 2.75) is 4.90 Å². The first-order chi connectivity index (χ1) is 9.00. The summed E-state index contributed by atoms with van der Waals surface area (Å²) < 4.78 is 50.4. The van der Waals surface area contributed by atoms with E-state index < -0.39 is 26.4 Å². The third kappa shape index (κ3) is 3.03. The molecule has 0 saturated heterocycles. The summed E-state index contributed by atoms with van der Waals surface area (Å²) in [5.74, 6) is -1.50. The van der Waals surface area contributed by atoms with Crippen LogP contribution in [-0.2, 0) is 9.84 Å². The van der Waals surface area contributed by atoms with Crippen LogP contribution in [0.1, 0.15) is 5.69 Å². The van der Waals surface area contributed by atoms with Gasteiger partial charge in [0.2, 0.25) is 9.84 Å². The van der Waals surface area contributed by atoms with Crippen molar-refractivity contribution in [3.63, 3.8) is 0 Å². The molecule has 0 unspecified atom stereocenters. The molecule has 0 saturated carbocycles. The first-order valence-corrected chi connectivity index (χ1v) is 6.83. The molecule has 0 fully saturated rings. The number of pyridine rings is 1. The van der Waals surface area contributed by atoms with Crippen LogP contribution in [0.3, 0.4) is 0 Å². The van der Waals surface area contributed by atoms with Gasteiger partial charge in [-0.1, -0.05) is 12.1 Å². The SMILES string of the molecule is O=S(=O)(/C=C\c1ncccc1F)c1ccccc1F. The van der Waals surface area contributed by atoms with Crippen LogP contribution >= 0.6 is 0 Å². The highest BCUT2D eigenvalue weighted by Crippen LogP contribution is 2.17. The molecule has 0 atom stereocenters. The summed E-state index contributed by atoms with van der Waals surface area (Å²) in [5, 5.41) is 0.733. The number of aromatic nitrogens is 1. The molecule has 98 valence electrons. The average molecular weight is 281 g/mol. The number of benzene rings is 1. The fourth-order valence-electron chi connectivity index (χ4n) is 1.42. The third-order valence-electron chi connectivity index (χ3n) is 2.34. The second-order valence-electron chi connectivity index (χ2n) is 3.65. The quantitative estimate of drug-likeness (QED) is 0.869. The first kappa shape index (κ1) is 13.4. The van der Waals surface area contributed by atoms with Gasteiger partial charge in [-0.2, -0.15) is 0 Å². The lowest BCUT2D eigenvalue weighted by Crippen LogP contribution is -1.99. The van der Waals surface area contributed by atoms with Gasteiger partial charge in [-0.05, 0) is 30.3 Å². The Morgan fingerprint density at radius 1 is 1.00 bits per heavy atom. The summed E-state index contributed by atoms with van der Waals surface area (Å²) in [7, 11) is -3.97. The van der Waals surface area contributed by atoms with E-state index in [2.05, 4.69) is 4.98 Å². The number of rotatable bonds is 3. The average Bonchev–Trinajstić information content (AvgIpc) is 2.38. The van der Waals surface area contributed by atoms with Crippen molar-refractivity contribution in [2.75, 3.05) is 0 Å². The van der Waals surface area contributed by atoms with Gasteiger partial charge < -0.3 is 0 Å². The minimum Gasteiger partial charge on any atom is -0.254 e. The van der Waals surface area contributed by atoms with E-state index in [1.807, 2.05) is 0 Å². The van der Waals surface area contributed by atoms with Crippen LogP contribution in [0.25, 0.3) is 6.08 Å². The molecule has 0 bridgehead atoms. The highest BCUT2D eigenvalue weighted by Gasteiger charge is 2.15. The standard InChI is InChI=1S/C13H9F2NO2S/c14-10-5-3-8-16-12(10)7-9-19(17,18)13-6-2-1-4-11(13)15/h1-9H/b9-7-. The molecule has 0 aliphatic heterocycles. The first-order valence-electron chi connectivity index (χ1n) is 5.29. The largest absolute Gasteiger partial charge is 0.254 e. The summed E-state index contributed by atoms with van der Waals surface area (Å²) in [6.07, 6.45) is 2.33. The number of hydrogen-bond acceptors (Lipinski definition) is 3. The zero-order valence-electron chi connectivity index (χ0n) is 9.62. The highest BCUT2D eigenvalue weighted by atomic mass is 32.2. The number of hydrogen-bond donors (Lipinski definition) is 0. The van der Waals surface area contributed by atoms with Crippen LogP contribution in [0.5, 0.6) is 0 Å². The van der Waals surface area contributed by atoms with Crippen LogP contribution in [-0.4, -0.2) is 13.4 Å². The summed E-state index contributed by atoms with van der Waals surface area (Å²) >= 11 is 0. The normalized spacial score (nSPS) is 11.9. The van der Waals surface area contributed by atoms with Gasteiger partial charge >= 0.3 is 0 Å². The zero-order chi connectivity index (χ0) is 13.9. The number of nitrogens with zero attached hydrogens (tertiary/aromatic N) is 1. The van der Waals surface area contributed by atoms with E-state index in [4.69, 9.17) is 0 Å². The molecular weight excluding hydrogens is 272 g/mol. The minimum absolute atomic E-state index is 0.123. The fourth-order valence-corrected chi connectivity index (χ4v) is 2.49. The molecule has 0 N–H and O–H groups in total. The molecule has 0 aliphatic rings. The van der Waals surface area contributed by atoms with Crippen LogP contribution in [0.2, 0.25) is 0 Å². The highest BCUT2D eigenvalue weighted by molar-refractivity contribution is 7.94. The van der Waals surface area contributed by atoms with E-state index in [0.717, 1.165) is 29.7 Å². The molecule has 0 spiro atoms. The van der Waals surface area contributed by atoms with Crippen molar-refractivity contribution in [2.24, 2.45) is 0 Å². The van der Waals surface area contributed by atoms with E-state index in [0.29, 0.717) is 0 Å². The monoisotopic (exact) mass is 281 g/mol. The minimum atomic E-state index is -3.97. The predicted molar refractivity (Wildman–Crippen MR) is 66.8 cm³/mol. The number of sulfone groups is 1. The van der Waals surface area contributed by atoms with Crippen LogP contribution in [0.15, 0.2) is 52.9 Å². The Morgan fingerprint density at radius 3 is 2.37 bits per heavy atom. The molecule has 6 heteroatoms. The summed E-state index contributed by atoms with van der Waals surface area (Å²) in [6.45, 7) is 0. The van der Waals surface area contributed by atoms with Crippen LogP contribution in [0, 0.1) is 11.6 Å². The van der Waals surface area contributed by atoms with E-state index in [9.17, 15) is 17.2 Å². The molecule has 19 heavy (non-hydrogen) atoms. The molecule has 2 rings (SSSR count). The molecule has 1 aromatic heterocycles. The third-order valence-corrected chi connectivity index (χ3v) is 3.77. The lowest BCUT2D eigenvalue weighted by molar-refractivity contribution is 0.572. The van der Waals surface area contributed by atoms with E-state index >= 15 is 0 Å². The zero-order valence-corrected chi connectivity index (χ0v) is 10.4. The summed E-state index contributed by atoms with van der Waals surface area (Å²) in [6, 6.07) is 7.52. The Balaban J connectivity index is 2.38. The number of halogens is 2. The topological polar surface area (TPSA) is 47.0 Å². The van der Waals surface area contributed by atoms with E-state index in [1.165, 1.54) is 24.4 Å². The van der Waals surface area contributed by atoms with Gasteiger partial charge in [0.1, 0.15) is 16.5 Å². The molecular formula is C13H9F2NO2S. The second-order valence-corrected chi connectivity index (χ2v) is 5.45. The van der Waals surface area contributed by atoms with Crippen molar-refractivity contribution in [1.29, 1.82) is 0 Å². The van der Waals surface area contributed by atoms with Crippen molar-refractivity contribution >= 4 is 15.9 Å². The van der Waals surface area contributed by atoms with Crippen molar-refractivity contribution in [1.82, 2.24) is 4.98 Å². The van der Waals surface area contributed by atoms with Crippen LogP contribution in [0.4, 0.5) is 8.78 Å². The van der Waals surface area contributed by atoms with Gasteiger partial charge in [-0.25, -0.2) is 17.2 Å². The maximum Gasteiger partial charge on any atom is 0.202 e. The lowest BCUT2D eigenvalue weighted by Gasteiger charge is -2.00. The summed E-state index contributed by atoms with van der Waals surface area (Å²) in [4.78, 5) is 3.22. The molecule has 1 heterocycles. The predicted octanol–water partition coefficient (Wildman–Crippen LogP) is 2.80. The lowest BCUT2D eigenvalue weighted by atomic mass is 10.3. The van der Waals surface area contributed by atoms with E-state index in [1.54, 1.807) is 0 Å². The van der Waals surface area contributed by atoms with Crippen molar-refractivity contribution < 1.29 is 17.2 Å². The Morgan fingerprint density at radius 2 is 1.68 bits per heavy atom. The molecule has 0 aliphatic carbocycles. The molecule has 1 aromatic carbocycles. The van der Waals surface area contributed by atoms with Crippen molar-refractivity contribution in [3.05, 3.63) is 65.3 Å². The van der Waals surface area contributed by atoms with Gasteiger partial charge in [0.05, 0.1) is 5.69 Å². The smallest absolute Gasteiger partial charge is 0.202 e. The van der Waals surface area contributed by atoms with Gasteiger partial charge in [-0.15, -0.1) is 0 Å². The molecule has 3 nitrogen and oxygen atoms in total. The Kier molecular flexibility index (Phi) is 3.71. The Labute approximate surface area is 109 Å². The Hall–Kier alpha value is -2.08. The maximum absolute atomic E-state index is 13.4. The van der Waals surface area contributed by atoms with Crippen molar-refractivity contribution in [3.8, 4) is 0 Å². The maximum atomic E-state index is 13.4. The fraction of sp³-hybridized carbons (Fsp3) is 0. The van der Waals surface area contributed by atoms with Gasteiger partial charge in [-0.3, -0.25) is 4.98 Å². The molecule has 2 aromatic rings. The molecule has 0 radical (unpaired) electrons. The van der Waals surface area contributed by atoms with Gasteiger partial charge in [0.15, 0.2) is 0 Å². The summed E-state index contributed by atoms with van der Waals surface area (Å²) in [5.41, 5.74) is -0.123.